The van der Waals surface area contributed by atoms with Crippen molar-refractivity contribution >= 4 is 0 Å². The summed E-state index contributed by atoms with van der Waals surface area (Å²) in [7, 11) is 0. The van der Waals surface area contributed by atoms with Crippen molar-refractivity contribution in [1.29, 1.82) is 0 Å². The lowest BCUT2D eigenvalue weighted by Crippen LogP contribution is -2.25. The number of ether oxygens (including phenoxy) is 1. The minimum Gasteiger partial charge on any atom is -0.377 e. The summed E-state index contributed by atoms with van der Waals surface area (Å²) in [4.78, 5) is 0. The highest BCUT2D eigenvalue weighted by atomic mass is 16.5. The number of hydrogen-bond donors (Lipinski definition) is 0. The maximum Gasteiger partial charge on any atom is 0.0606 e. The molecular formula is C12H22O. The number of fused-ring (bicyclic) bond motifs is 2. The van der Waals surface area contributed by atoms with Crippen LogP contribution < -0.4 is 0 Å². The monoisotopic (exact) mass is 182 g/mol. The summed E-state index contributed by atoms with van der Waals surface area (Å²) in [5.74, 6) is 1.92. The maximum absolute atomic E-state index is 6.00. The van der Waals surface area contributed by atoms with Crippen LogP contribution in [0.3, 0.4) is 0 Å². The fourth-order valence-corrected chi connectivity index (χ4v) is 2.75. The van der Waals surface area contributed by atoms with Crippen LogP contribution in [0.2, 0.25) is 0 Å². The molecule has 0 aliphatic heterocycles. The Morgan fingerprint density at radius 2 is 1.92 bits per heavy atom. The first-order valence-electron chi connectivity index (χ1n) is 5.66. The Bertz CT molecular complexity index is 180. The molecule has 2 bridgehead atoms. The van der Waals surface area contributed by atoms with E-state index in [1.54, 1.807) is 0 Å². The highest BCUT2D eigenvalue weighted by molar-refractivity contribution is 4.91. The summed E-state index contributed by atoms with van der Waals surface area (Å²) >= 11 is 0. The van der Waals surface area contributed by atoms with Crippen LogP contribution in [0.4, 0.5) is 0 Å². The molecule has 0 saturated heterocycles. The molecular weight excluding hydrogens is 160 g/mol. The number of rotatable bonds is 2. The Kier molecular flexibility index (Phi) is 2.39. The van der Waals surface area contributed by atoms with Gasteiger partial charge in [0.15, 0.2) is 0 Å². The quantitative estimate of drug-likeness (QED) is 0.637. The van der Waals surface area contributed by atoms with Gasteiger partial charge in [0, 0.05) is 0 Å². The second-order valence-corrected chi connectivity index (χ2v) is 6.08. The molecule has 0 aromatic rings. The van der Waals surface area contributed by atoms with Crippen molar-refractivity contribution in [2.75, 3.05) is 6.61 Å². The molecule has 0 amide bonds. The van der Waals surface area contributed by atoms with Crippen LogP contribution in [0, 0.1) is 17.3 Å². The van der Waals surface area contributed by atoms with Crippen LogP contribution >= 0.6 is 0 Å². The molecule has 1 heteroatoms. The highest BCUT2D eigenvalue weighted by Gasteiger charge is 2.40. The molecule has 0 aromatic heterocycles. The average Bonchev–Trinajstić information content (AvgIpc) is 2.58. The van der Waals surface area contributed by atoms with E-state index in [0.717, 1.165) is 18.4 Å². The molecule has 2 saturated carbocycles. The Labute approximate surface area is 81.9 Å². The van der Waals surface area contributed by atoms with Crippen molar-refractivity contribution in [2.24, 2.45) is 17.3 Å². The molecule has 1 nitrogen and oxygen atoms in total. The van der Waals surface area contributed by atoms with Crippen LogP contribution in [0.5, 0.6) is 0 Å². The molecule has 2 rings (SSSR count). The smallest absolute Gasteiger partial charge is 0.0606 e. The van der Waals surface area contributed by atoms with Crippen LogP contribution in [-0.4, -0.2) is 12.7 Å². The van der Waals surface area contributed by atoms with E-state index in [2.05, 4.69) is 20.8 Å². The maximum atomic E-state index is 6.00. The second-order valence-electron chi connectivity index (χ2n) is 6.08. The fourth-order valence-electron chi connectivity index (χ4n) is 2.75. The van der Waals surface area contributed by atoms with E-state index in [4.69, 9.17) is 4.74 Å². The van der Waals surface area contributed by atoms with Crippen LogP contribution in [0.15, 0.2) is 0 Å². The van der Waals surface area contributed by atoms with Gasteiger partial charge in [0.25, 0.3) is 0 Å². The largest absolute Gasteiger partial charge is 0.377 e. The van der Waals surface area contributed by atoms with E-state index in [1.807, 2.05) is 0 Å². The molecule has 0 heterocycles. The van der Waals surface area contributed by atoms with Crippen LogP contribution in [0.25, 0.3) is 0 Å². The summed E-state index contributed by atoms with van der Waals surface area (Å²) < 4.78 is 6.00. The SMILES string of the molecule is CC(C)(C)COC1CC2CCC1C2. The molecule has 3 atom stereocenters. The average molecular weight is 182 g/mol. The van der Waals surface area contributed by atoms with Gasteiger partial charge in [-0.15, -0.1) is 0 Å². The second kappa shape index (κ2) is 3.27. The molecule has 2 fully saturated rings. The van der Waals surface area contributed by atoms with Gasteiger partial charge in [0.1, 0.15) is 0 Å². The Morgan fingerprint density at radius 1 is 1.15 bits per heavy atom. The van der Waals surface area contributed by atoms with Crippen LogP contribution in [0.1, 0.15) is 46.5 Å². The van der Waals surface area contributed by atoms with Crippen molar-refractivity contribution in [3.8, 4) is 0 Å². The van der Waals surface area contributed by atoms with Crippen molar-refractivity contribution in [3.63, 3.8) is 0 Å². The third-order valence-corrected chi connectivity index (χ3v) is 3.40. The normalized spacial score (nSPS) is 38.5. The Hall–Kier alpha value is -0.0400. The molecule has 3 unspecified atom stereocenters. The highest BCUT2D eigenvalue weighted by Crippen LogP contribution is 2.46. The van der Waals surface area contributed by atoms with Crippen molar-refractivity contribution < 1.29 is 4.74 Å². The lowest BCUT2D eigenvalue weighted by molar-refractivity contribution is -0.0193. The summed E-state index contributed by atoms with van der Waals surface area (Å²) in [5, 5.41) is 0. The Balaban J connectivity index is 1.78. The predicted octanol–water partition coefficient (Wildman–Crippen LogP) is 3.24. The van der Waals surface area contributed by atoms with E-state index in [1.165, 1.54) is 25.7 Å². The third kappa shape index (κ3) is 2.25. The van der Waals surface area contributed by atoms with Gasteiger partial charge in [-0.25, -0.2) is 0 Å². The van der Waals surface area contributed by atoms with Gasteiger partial charge in [-0.2, -0.15) is 0 Å². The summed E-state index contributed by atoms with van der Waals surface area (Å²) in [6.45, 7) is 7.68. The Morgan fingerprint density at radius 3 is 2.38 bits per heavy atom. The standard InChI is InChI=1S/C12H22O/c1-12(2,3)8-13-11-7-9-4-5-10(11)6-9/h9-11H,4-8H2,1-3H3. The first-order chi connectivity index (χ1) is 6.04. The summed E-state index contributed by atoms with van der Waals surface area (Å²) in [5.41, 5.74) is 0.335. The molecule has 13 heavy (non-hydrogen) atoms. The van der Waals surface area contributed by atoms with E-state index < -0.39 is 0 Å². The predicted molar refractivity (Wildman–Crippen MR) is 54.6 cm³/mol. The van der Waals surface area contributed by atoms with Gasteiger partial charge in [0.05, 0.1) is 12.7 Å². The van der Waals surface area contributed by atoms with Gasteiger partial charge >= 0.3 is 0 Å². The topological polar surface area (TPSA) is 9.23 Å². The minimum atomic E-state index is 0.335. The molecule has 2 aliphatic rings. The van der Waals surface area contributed by atoms with Gasteiger partial charge in [-0.1, -0.05) is 20.8 Å². The zero-order valence-corrected chi connectivity index (χ0v) is 9.18. The molecule has 0 aromatic carbocycles. The lowest BCUT2D eigenvalue weighted by atomic mass is 9.96. The van der Waals surface area contributed by atoms with Crippen molar-refractivity contribution in [1.82, 2.24) is 0 Å². The van der Waals surface area contributed by atoms with E-state index in [9.17, 15) is 0 Å². The van der Waals surface area contributed by atoms with Crippen molar-refractivity contribution in [2.45, 2.75) is 52.6 Å². The zero-order valence-electron chi connectivity index (χ0n) is 9.18. The van der Waals surface area contributed by atoms with E-state index in [-0.39, 0.29) is 0 Å². The first kappa shape index (κ1) is 9.51. The molecule has 76 valence electrons. The molecule has 0 spiro atoms. The molecule has 2 aliphatic carbocycles. The van der Waals surface area contributed by atoms with Crippen molar-refractivity contribution in [3.05, 3.63) is 0 Å². The number of hydrogen-bond acceptors (Lipinski definition) is 1. The van der Waals surface area contributed by atoms with Gasteiger partial charge in [-0.3, -0.25) is 0 Å². The minimum absolute atomic E-state index is 0.335. The van der Waals surface area contributed by atoms with Gasteiger partial charge in [0.2, 0.25) is 0 Å². The zero-order chi connectivity index (χ0) is 9.47. The van der Waals surface area contributed by atoms with E-state index >= 15 is 0 Å². The van der Waals surface area contributed by atoms with Crippen LogP contribution in [-0.2, 0) is 4.74 Å². The van der Waals surface area contributed by atoms with Gasteiger partial charge < -0.3 is 4.74 Å². The summed E-state index contributed by atoms with van der Waals surface area (Å²) in [6, 6.07) is 0. The molecule has 0 radical (unpaired) electrons. The molecule has 0 N–H and O–H groups in total. The van der Waals surface area contributed by atoms with Gasteiger partial charge in [-0.05, 0) is 42.9 Å². The summed E-state index contributed by atoms with van der Waals surface area (Å²) in [6.07, 6.45) is 6.31. The fraction of sp³-hybridized carbons (Fsp3) is 1.00. The first-order valence-corrected chi connectivity index (χ1v) is 5.66. The van der Waals surface area contributed by atoms with E-state index in [0.29, 0.717) is 11.5 Å². The lowest BCUT2D eigenvalue weighted by Gasteiger charge is -2.26. The third-order valence-electron chi connectivity index (χ3n) is 3.40.